The summed E-state index contributed by atoms with van der Waals surface area (Å²) in [5.74, 6) is -0.284. The maximum absolute atomic E-state index is 13.4. The van der Waals surface area contributed by atoms with Crippen molar-refractivity contribution in [3.8, 4) is 6.07 Å². The zero-order valence-electron chi connectivity index (χ0n) is 25.3. The van der Waals surface area contributed by atoms with E-state index in [1.807, 2.05) is 24.3 Å². The molecular weight excluding hydrogens is 570 g/mol. The molecule has 234 valence electrons. The molecule has 1 saturated heterocycles. The van der Waals surface area contributed by atoms with Gasteiger partial charge >= 0.3 is 0 Å². The predicted molar refractivity (Wildman–Crippen MR) is 165 cm³/mol. The van der Waals surface area contributed by atoms with Crippen molar-refractivity contribution >= 4 is 17.7 Å². The fraction of sp³-hybridized carbons (Fsp3) is 0.485. The van der Waals surface area contributed by atoms with Gasteiger partial charge in [0, 0.05) is 23.7 Å². The average molecular weight is 610 g/mol. The van der Waals surface area contributed by atoms with Crippen LogP contribution in [0.4, 0.5) is 0 Å². The lowest BCUT2D eigenvalue weighted by Gasteiger charge is -2.41. The highest BCUT2D eigenvalue weighted by Gasteiger charge is 2.47. The summed E-state index contributed by atoms with van der Waals surface area (Å²) in [6, 6.07) is 12.8. The maximum atomic E-state index is 13.4. The first kappa shape index (κ1) is 30.4. The first-order valence-corrected chi connectivity index (χ1v) is 15.8. The van der Waals surface area contributed by atoms with Gasteiger partial charge in [-0.05, 0) is 108 Å². The summed E-state index contributed by atoms with van der Waals surface area (Å²) >= 11 is 0. The van der Waals surface area contributed by atoms with E-state index in [1.54, 1.807) is 17.0 Å². The minimum Gasteiger partial charge on any atom is -0.366 e. The number of hydrogen-bond donors (Lipinski definition) is 4. The molecule has 1 aliphatic heterocycles. The van der Waals surface area contributed by atoms with Gasteiger partial charge in [-0.15, -0.1) is 5.10 Å². The third-order valence-corrected chi connectivity index (χ3v) is 10.1. The Kier molecular flexibility index (Phi) is 8.63. The number of fused-ring (bicyclic) bond motifs is 2. The normalized spacial score (nSPS) is 20.0. The van der Waals surface area contributed by atoms with Gasteiger partial charge in [-0.2, -0.15) is 5.26 Å². The van der Waals surface area contributed by atoms with Crippen molar-refractivity contribution in [1.82, 2.24) is 30.8 Å². The number of tetrazole rings is 1. The molecule has 6 rings (SSSR count). The highest BCUT2D eigenvalue weighted by Crippen LogP contribution is 2.48. The number of amides is 3. The number of hydrogen-bond acceptors (Lipinski definition) is 8. The Bertz CT molecular complexity index is 1560. The Morgan fingerprint density at radius 3 is 2.18 bits per heavy atom. The summed E-state index contributed by atoms with van der Waals surface area (Å²) in [5, 5.41) is 28.8. The first-order chi connectivity index (χ1) is 21.8. The minimum absolute atomic E-state index is 0.0749. The Hall–Kier alpha value is -4.63. The van der Waals surface area contributed by atoms with E-state index in [-0.39, 0.29) is 24.4 Å². The SMILES string of the molecule is N#C[C@@H]1CCCN1C(=O)CN[C@H](CC1(c2nnn[nH]2)c2ccc(C(N)=O)cc2CCc2cc(C(N)=O)ccc21)C1CCCCC1. The number of primary amides is 2. The summed E-state index contributed by atoms with van der Waals surface area (Å²) in [7, 11) is 0. The van der Waals surface area contributed by atoms with E-state index in [4.69, 9.17) is 11.5 Å². The molecule has 1 aromatic heterocycles. The van der Waals surface area contributed by atoms with Crippen LogP contribution in [-0.4, -0.2) is 68.4 Å². The molecular formula is C33H39N9O3. The van der Waals surface area contributed by atoms with Gasteiger partial charge in [0.15, 0.2) is 5.82 Å². The number of nitrogens with two attached hydrogens (primary N) is 2. The van der Waals surface area contributed by atoms with Crippen LogP contribution in [0.2, 0.25) is 0 Å². The van der Waals surface area contributed by atoms with E-state index in [9.17, 15) is 19.6 Å². The lowest BCUT2D eigenvalue weighted by molar-refractivity contribution is -0.130. The monoisotopic (exact) mass is 609 g/mol. The van der Waals surface area contributed by atoms with E-state index < -0.39 is 23.3 Å². The number of aromatic amines is 1. The van der Waals surface area contributed by atoms with Crippen molar-refractivity contribution in [1.29, 1.82) is 5.26 Å². The molecule has 6 N–H and O–H groups in total. The van der Waals surface area contributed by atoms with Gasteiger partial charge in [0.05, 0.1) is 18.0 Å². The third kappa shape index (κ3) is 5.80. The van der Waals surface area contributed by atoms with E-state index in [0.717, 1.165) is 54.4 Å². The molecule has 2 fully saturated rings. The second-order valence-corrected chi connectivity index (χ2v) is 12.6. The number of benzene rings is 2. The first-order valence-electron chi connectivity index (χ1n) is 15.8. The fourth-order valence-electron chi connectivity index (χ4n) is 7.86. The van der Waals surface area contributed by atoms with Crippen LogP contribution in [0.5, 0.6) is 0 Å². The van der Waals surface area contributed by atoms with Crippen LogP contribution < -0.4 is 16.8 Å². The molecule has 3 amide bonds. The maximum Gasteiger partial charge on any atom is 0.248 e. The minimum atomic E-state index is -0.919. The van der Waals surface area contributed by atoms with Crippen LogP contribution in [0.1, 0.15) is 100 Å². The average Bonchev–Trinajstić information content (AvgIpc) is 3.75. The van der Waals surface area contributed by atoms with Crippen molar-refractivity contribution in [2.45, 2.75) is 81.7 Å². The molecule has 0 unspecified atom stereocenters. The summed E-state index contributed by atoms with van der Waals surface area (Å²) in [5.41, 5.74) is 15.1. The number of nitrogens with one attached hydrogen (secondary N) is 2. The highest BCUT2D eigenvalue weighted by molar-refractivity contribution is 5.94. The van der Waals surface area contributed by atoms with Gasteiger partial charge in [0.25, 0.3) is 0 Å². The summed E-state index contributed by atoms with van der Waals surface area (Å²) in [4.78, 5) is 39.6. The smallest absolute Gasteiger partial charge is 0.248 e. The number of aryl methyl sites for hydroxylation is 2. The number of rotatable bonds is 9. The van der Waals surface area contributed by atoms with Crippen LogP contribution in [-0.2, 0) is 23.1 Å². The molecule has 3 aromatic rings. The molecule has 2 heterocycles. The Morgan fingerprint density at radius 1 is 0.978 bits per heavy atom. The van der Waals surface area contributed by atoms with Crippen LogP contribution >= 0.6 is 0 Å². The molecule has 12 heteroatoms. The van der Waals surface area contributed by atoms with Gasteiger partial charge in [0.1, 0.15) is 6.04 Å². The summed E-state index contributed by atoms with van der Waals surface area (Å²) in [6.45, 7) is 0.705. The molecule has 1 saturated carbocycles. The van der Waals surface area contributed by atoms with Gasteiger partial charge in [0.2, 0.25) is 17.7 Å². The van der Waals surface area contributed by atoms with Gasteiger partial charge < -0.3 is 21.7 Å². The summed E-state index contributed by atoms with van der Waals surface area (Å²) in [6.07, 6.45) is 8.64. The zero-order chi connectivity index (χ0) is 31.6. The molecule has 3 aliphatic rings. The van der Waals surface area contributed by atoms with Crippen LogP contribution in [0, 0.1) is 17.2 Å². The van der Waals surface area contributed by atoms with Gasteiger partial charge in [-0.25, -0.2) is 5.10 Å². The highest BCUT2D eigenvalue weighted by atomic mass is 16.2. The van der Waals surface area contributed by atoms with E-state index in [0.29, 0.717) is 49.2 Å². The molecule has 12 nitrogen and oxygen atoms in total. The lowest BCUT2D eigenvalue weighted by Crippen LogP contribution is -2.49. The second-order valence-electron chi connectivity index (χ2n) is 12.6. The molecule has 0 spiro atoms. The molecule has 2 aromatic carbocycles. The standard InChI is InChI=1S/C33H39N9O3/c34-18-25-7-4-14-42(25)29(43)19-37-28(20-5-2-1-3-6-20)17-33(32-38-40-41-39-32)26-12-10-23(30(35)44)15-21(26)8-9-22-16-24(31(36)45)11-13-27(22)33/h10-13,15-16,20,25,28,37H,1-9,14,17,19H2,(H2,35,44)(H2,36,45)(H,38,39,40,41)/t25-,28+/m0/s1. The molecule has 45 heavy (non-hydrogen) atoms. The number of likely N-dealkylation sites (tertiary alicyclic amines) is 1. The van der Waals surface area contributed by atoms with E-state index in [1.165, 1.54) is 6.42 Å². The molecule has 2 atom stereocenters. The van der Waals surface area contributed by atoms with Crippen LogP contribution in [0.3, 0.4) is 0 Å². The number of H-pyrrole nitrogens is 1. The van der Waals surface area contributed by atoms with Gasteiger partial charge in [-0.1, -0.05) is 31.4 Å². The topological polar surface area (TPSA) is 197 Å². The van der Waals surface area contributed by atoms with Crippen LogP contribution in [0.15, 0.2) is 36.4 Å². The predicted octanol–water partition coefficient (Wildman–Crippen LogP) is 2.27. The number of carbonyl (C=O) groups is 3. The Morgan fingerprint density at radius 2 is 1.62 bits per heavy atom. The van der Waals surface area contributed by atoms with E-state index in [2.05, 4.69) is 32.0 Å². The van der Waals surface area contributed by atoms with Crippen molar-refractivity contribution in [2.24, 2.45) is 17.4 Å². The van der Waals surface area contributed by atoms with Crippen molar-refractivity contribution in [3.63, 3.8) is 0 Å². The Balaban J connectivity index is 1.49. The number of nitrogens with zero attached hydrogens (tertiary/aromatic N) is 5. The van der Waals surface area contributed by atoms with Crippen molar-refractivity contribution < 1.29 is 14.4 Å². The van der Waals surface area contributed by atoms with Gasteiger partial charge in [-0.3, -0.25) is 14.4 Å². The van der Waals surface area contributed by atoms with Crippen LogP contribution in [0.25, 0.3) is 0 Å². The Labute approximate surface area is 261 Å². The van der Waals surface area contributed by atoms with Crippen molar-refractivity contribution in [3.05, 3.63) is 75.6 Å². The van der Waals surface area contributed by atoms with Crippen molar-refractivity contribution in [2.75, 3.05) is 13.1 Å². The fourth-order valence-corrected chi connectivity index (χ4v) is 7.86. The molecule has 0 bridgehead atoms. The lowest BCUT2D eigenvalue weighted by atomic mass is 9.65. The summed E-state index contributed by atoms with van der Waals surface area (Å²) < 4.78 is 0. The number of nitriles is 1. The largest absolute Gasteiger partial charge is 0.366 e. The second kappa shape index (κ2) is 12.8. The van der Waals surface area contributed by atoms with E-state index >= 15 is 0 Å². The molecule has 2 aliphatic carbocycles. The number of carbonyl (C=O) groups excluding carboxylic acids is 3. The molecule has 0 radical (unpaired) electrons. The quantitative estimate of drug-likeness (QED) is 0.283. The number of aromatic nitrogens is 4. The third-order valence-electron chi connectivity index (χ3n) is 10.1. The zero-order valence-corrected chi connectivity index (χ0v) is 25.3.